The van der Waals surface area contributed by atoms with Crippen molar-refractivity contribution in [2.75, 3.05) is 0 Å². The summed E-state index contributed by atoms with van der Waals surface area (Å²) < 4.78 is 5.91. The van der Waals surface area contributed by atoms with Gasteiger partial charge in [-0.05, 0) is 30.4 Å². The minimum Gasteiger partial charge on any atom is -0.440 e. The van der Waals surface area contributed by atoms with Crippen LogP contribution in [0.15, 0.2) is 16.5 Å². The van der Waals surface area contributed by atoms with E-state index >= 15 is 0 Å². The quantitative estimate of drug-likeness (QED) is 0.843. The Morgan fingerprint density at radius 1 is 1.14 bits per heavy atom. The van der Waals surface area contributed by atoms with Crippen LogP contribution < -0.4 is 5.73 Å². The van der Waals surface area contributed by atoms with Gasteiger partial charge in [-0.2, -0.15) is 0 Å². The van der Waals surface area contributed by atoms with Gasteiger partial charge in [-0.1, -0.05) is 52.0 Å². The van der Waals surface area contributed by atoms with Crippen LogP contribution in [0.4, 0.5) is 0 Å². The van der Waals surface area contributed by atoms with Gasteiger partial charge in [0, 0.05) is 18.0 Å². The highest BCUT2D eigenvalue weighted by Gasteiger charge is 2.28. The molecule has 4 rings (SSSR count). The minimum atomic E-state index is 0.329. The minimum absolute atomic E-state index is 0.329. The number of nitrogens with zero attached hydrogens (tertiary/aromatic N) is 1. The molecule has 0 saturated heterocycles. The lowest BCUT2D eigenvalue weighted by molar-refractivity contribution is 0.499. The van der Waals surface area contributed by atoms with Crippen molar-refractivity contribution >= 4 is 11.1 Å². The van der Waals surface area contributed by atoms with Crippen LogP contribution >= 0.6 is 0 Å². The molecule has 0 amide bonds. The maximum atomic E-state index is 5.91. The molecule has 2 fully saturated rings. The summed E-state index contributed by atoms with van der Waals surface area (Å²) in [5.41, 5.74) is 10.2. The molecule has 2 saturated carbocycles. The molecule has 0 bridgehead atoms. The molecule has 1 heterocycles. The first-order valence-electron chi connectivity index (χ1n) is 8.82. The van der Waals surface area contributed by atoms with E-state index in [1.807, 2.05) is 0 Å². The predicted octanol–water partition coefficient (Wildman–Crippen LogP) is 5.24. The maximum absolute atomic E-state index is 5.91. The standard InChI is InChI=1S/C14H18N2O.C5H10/c1-8(2)14-16-12-6-9(7-15)5-11(10-3-4-10)13(12)17-14;1-2-4-5-3-1/h5-6,8,10H,3-4,7,15H2,1-2H3;1-5H2. The van der Waals surface area contributed by atoms with Gasteiger partial charge in [0.2, 0.25) is 0 Å². The summed E-state index contributed by atoms with van der Waals surface area (Å²) in [6.45, 7) is 4.77. The van der Waals surface area contributed by atoms with Gasteiger partial charge in [0.05, 0.1) is 0 Å². The second-order valence-corrected chi connectivity index (χ2v) is 6.99. The van der Waals surface area contributed by atoms with E-state index < -0.39 is 0 Å². The van der Waals surface area contributed by atoms with Gasteiger partial charge in [-0.15, -0.1) is 0 Å². The second-order valence-electron chi connectivity index (χ2n) is 6.99. The molecular formula is C19H28N2O. The first-order valence-corrected chi connectivity index (χ1v) is 8.82. The zero-order valence-electron chi connectivity index (χ0n) is 13.9. The van der Waals surface area contributed by atoms with E-state index in [1.165, 1.54) is 50.5 Å². The summed E-state index contributed by atoms with van der Waals surface area (Å²) in [4.78, 5) is 4.57. The molecule has 22 heavy (non-hydrogen) atoms. The van der Waals surface area contributed by atoms with E-state index in [-0.39, 0.29) is 0 Å². The van der Waals surface area contributed by atoms with Gasteiger partial charge in [-0.25, -0.2) is 4.98 Å². The Labute approximate surface area is 133 Å². The molecule has 2 aliphatic carbocycles. The summed E-state index contributed by atoms with van der Waals surface area (Å²) in [6, 6.07) is 4.24. The highest BCUT2D eigenvalue weighted by atomic mass is 16.3. The molecule has 2 N–H and O–H groups in total. The van der Waals surface area contributed by atoms with Gasteiger partial charge in [0.1, 0.15) is 5.52 Å². The molecule has 2 aliphatic rings. The third-order valence-corrected chi connectivity index (χ3v) is 4.59. The lowest BCUT2D eigenvalue weighted by atomic mass is 10.1. The molecule has 0 spiro atoms. The van der Waals surface area contributed by atoms with Crippen molar-refractivity contribution in [1.82, 2.24) is 4.98 Å². The van der Waals surface area contributed by atoms with Crippen LogP contribution in [0.25, 0.3) is 11.1 Å². The van der Waals surface area contributed by atoms with Gasteiger partial charge < -0.3 is 10.2 Å². The monoisotopic (exact) mass is 300 g/mol. The smallest absolute Gasteiger partial charge is 0.198 e. The SMILES string of the molecule is C1CCCC1.CC(C)c1nc2cc(CN)cc(C3CC3)c2o1. The lowest BCUT2D eigenvalue weighted by Crippen LogP contribution is -1.97. The molecule has 0 radical (unpaired) electrons. The average Bonchev–Trinajstić information content (AvgIpc) is 3.03. The first-order chi connectivity index (χ1) is 10.7. The Balaban J connectivity index is 0.000000246. The molecule has 1 aromatic heterocycles. The molecule has 1 aromatic carbocycles. The Bertz CT molecular complexity index is 614. The van der Waals surface area contributed by atoms with Crippen LogP contribution in [0.1, 0.15) is 87.6 Å². The Kier molecular flexibility index (Phi) is 4.82. The van der Waals surface area contributed by atoms with Crippen LogP contribution in [-0.4, -0.2) is 4.98 Å². The zero-order chi connectivity index (χ0) is 15.5. The fourth-order valence-electron chi connectivity index (χ4n) is 3.08. The third kappa shape index (κ3) is 3.52. The topological polar surface area (TPSA) is 52.0 Å². The fourth-order valence-corrected chi connectivity index (χ4v) is 3.08. The van der Waals surface area contributed by atoms with Gasteiger partial charge in [0.25, 0.3) is 0 Å². The van der Waals surface area contributed by atoms with Crippen molar-refractivity contribution in [2.45, 2.75) is 77.2 Å². The Morgan fingerprint density at radius 2 is 1.77 bits per heavy atom. The van der Waals surface area contributed by atoms with Crippen molar-refractivity contribution in [3.05, 3.63) is 29.2 Å². The number of oxazole rings is 1. The van der Waals surface area contributed by atoms with Crippen LogP contribution in [0.2, 0.25) is 0 Å². The van der Waals surface area contributed by atoms with E-state index in [4.69, 9.17) is 10.2 Å². The van der Waals surface area contributed by atoms with Gasteiger partial charge in [-0.3, -0.25) is 0 Å². The van der Waals surface area contributed by atoms with Crippen molar-refractivity contribution in [3.63, 3.8) is 0 Å². The number of benzene rings is 1. The Hall–Kier alpha value is -1.35. The van der Waals surface area contributed by atoms with Gasteiger partial charge >= 0.3 is 0 Å². The van der Waals surface area contributed by atoms with Crippen molar-refractivity contribution in [3.8, 4) is 0 Å². The second kappa shape index (κ2) is 6.82. The highest BCUT2D eigenvalue weighted by Crippen LogP contribution is 2.44. The molecule has 3 nitrogen and oxygen atoms in total. The zero-order valence-corrected chi connectivity index (χ0v) is 13.9. The predicted molar refractivity (Wildman–Crippen MR) is 91.0 cm³/mol. The van der Waals surface area contributed by atoms with Crippen LogP contribution in [-0.2, 0) is 6.54 Å². The van der Waals surface area contributed by atoms with Crippen LogP contribution in [0.5, 0.6) is 0 Å². The summed E-state index contributed by atoms with van der Waals surface area (Å²) in [6.07, 6.45) is 10.0. The summed E-state index contributed by atoms with van der Waals surface area (Å²) >= 11 is 0. The van der Waals surface area contributed by atoms with Crippen molar-refractivity contribution < 1.29 is 4.42 Å². The Morgan fingerprint density at radius 3 is 2.27 bits per heavy atom. The number of hydrogen-bond donors (Lipinski definition) is 1. The van der Waals surface area contributed by atoms with Crippen LogP contribution in [0.3, 0.4) is 0 Å². The molecule has 0 aliphatic heterocycles. The number of hydrogen-bond acceptors (Lipinski definition) is 3. The van der Waals surface area contributed by atoms with E-state index in [0.29, 0.717) is 18.4 Å². The molecule has 120 valence electrons. The maximum Gasteiger partial charge on any atom is 0.198 e. The van der Waals surface area contributed by atoms with Crippen molar-refractivity contribution in [1.29, 1.82) is 0 Å². The molecular weight excluding hydrogens is 272 g/mol. The van der Waals surface area contributed by atoms with Crippen LogP contribution in [0, 0.1) is 0 Å². The number of rotatable bonds is 3. The summed E-state index contributed by atoms with van der Waals surface area (Å²) in [7, 11) is 0. The van der Waals surface area contributed by atoms with E-state index in [2.05, 4.69) is 31.0 Å². The third-order valence-electron chi connectivity index (χ3n) is 4.59. The summed E-state index contributed by atoms with van der Waals surface area (Å²) in [5, 5.41) is 0. The molecule has 0 unspecified atom stereocenters. The van der Waals surface area contributed by atoms with E-state index in [9.17, 15) is 0 Å². The van der Waals surface area contributed by atoms with Gasteiger partial charge in [0.15, 0.2) is 11.5 Å². The van der Waals surface area contributed by atoms with Crippen molar-refractivity contribution in [2.24, 2.45) is 5.73 Å². The largest absolute Gasteiger partial charge is 0.440 e. The number of nitrogens with two attached hydrogens (primary N) is 1. The summed E-state index contributed by atoms with van der Waals surface area (Å²) in [5.74, 6) is 1.82. The fraction of sp³-hybridized carbons (Fsp3) is 0.632. The first kappa shape index (κ1) is 15.5. The normalized spacial score (nSPS) is 17.8. The van der Waals surface area contributed by atoms with E-state index in [1.54, 1.807) is 0 Å². The highest BCUT2D eigenvalue weighted by molar-refractivity contribution is 5.78. The lowest BCUT2D eigenvalue weighted by Gasteiger charge is -2.02. The molecule has 3 heteroatoms. The number of fused-ring (bicyclic) bond motifs is 1. The molecule has 2 aromatic rings. The average molecular weight is 300 g/mol. The number of aromatic nitrogens is 1. The molecule has 0 atom stereocenters. The van der Waals surface area contributed by atoms with E-state index in [0.717, 1.165) is 22.6 Å².